The average molecular weight is 297 g/mol. The van der Waals surface area contributed by atoms with Gasteiger partial charge in [0.2, 0.25) is 0 Å². The van der Waals surface area contributed by atoms with Crippen molar-refractivity contribution in [2.24, 2.45) is 0 Å². The van der Waals surface area contributed by atoms with Gasteiger partial charge in [0.05, 0.1) is 18.2 Å². The quantitative estimate of drug-likeness (QED) is 0.599. The van der Waals surface area contributed by atoms with Crippen LogP contribution in [0.1, 0.15) is 12.0 Å². The summed E-state index contributed by atoms with van der Waals surface area (Å²) in [5.74, 6) is 0.992. The molecular formula is C11H14Cl2O3S. The van der Waals surface area contributed by atoms with Crippen molar-refractivity contribution < 1.29 is 13.2 Å². The third-order valence-electron chi connectivity index (χ3n) is 2.13. The molecule has 0 aliphatic carbocycles. The molecule has 0 unspecified atom stereocenters. The highest BCUT2D eigenvalue weighted by Crippen LogP contribution is 2.27. The van der Waals surface area contributed by atoms with E-state index in [1.54, 1.807) is 18.2 Å². The predicted molar refractivity (Wildman–Crippen MR) is 70.8 cm³/mol. The molecule has 17 heavy (non-hydrogen) atoms. The van der Waals surface area contributed by atoms with Crippen LogP contribution in [0.4, 0.5) is 0 Å². The lowest BCUT2D eigenvalue weighted by atomic mass is 10.2. The minimum atomic E-state index is -2.93. The van der Waals surface area contributed by atoms with Crippen LogP contribution in [0.5, 0.6) is 5.75 Å². The molecule has 0 spiro atoms. The summed E-state index contributed by atoms with van der Waals surface area (Å²) in [4.78, 5) is 0. The van der Waals surface area contributed by atoms with E-state index in [9.17, 15) is 8.42 Å². The molecule has 0 aliphatic rings. The highest BCUT2D eigenvalue weighted by Gasteiger charge is 2.07. The molecule has 0 atom stereocenters. The summed E-state index contributed by atoms with van der Waals surface area (Å²) >= 11 is 11.7. The summed E-state index contributed by atoms with van der Waals surface area (Å²) in [5.41, 5.74) is 0.732. The van der Waals surface area contributed by atoms with Gasteiger partial charge in [0, 0.05) is 16.8 Å². The van der Waals surface area contributed by atoms with Gasteiger partial charge in [0.25, 0.3) is 0 Å². The van der Waals surface area contributed by atoms with Gasteiger partial charge in [-0.25, -0.2) is 8.42 Å². The molecule has 0 amide bonds. The molecule has 0 aliphatic heterocycles. The number of halogens is 2. The van der Waals surface area contributed by atoms with Crippen molar-refractivity contribution in [3.05, 3.63) is 28.8 Å². The first-order valence-corrected chi connectivity index (χ1v) is 8.05. The Balaban J connectivity index is 2.55. The van der Waals surface area contributed by atoms with Gasteiger partial charge in [0.1, 0.15) is 15.6 Å². The molecule has 3 nitrogen and oxygen atoms in total. The van der Waals surface area contributed by atoms with Crippen molar-refractivity contribution in [2.75, 3.05) is 18.6 Å². The average Bonchev–Trinajstić information content (AvgIpc) is 2.23. The third kappa shape index (κ3) is 5.15. The molecule has 0 fully saturated rings. The zero-order valence-corrected chi connectivity index (χ0v) is 11.8. The fourth-order valence-corrected chi connectivity index (χ4v) is 2.53. The number of hydrogen-bond acceptors (Lipinski definition) is 3. The number of hydrogen-bond donors (Lipinski definition) is 0. The molecule has 0 saturated carbocycles. The predicted octanol–water partition coefficient (Wildman–Crippen LogP) is 2.89. The van der Waals surface area contributed by atoms with Gasteiger partial charge < -0.3 is 4.74 Å². The fourth-order valence-electron chi connectivity index (χ4n) is 1.31. The SMILES string of the molecule is CS(=O)(=O)CCCOc1cccc(Cl)c1CCl. The maximum Gasteiger partial charge on any atom is 0.147 e. The molecule has 0 aromatic heterocycles. The lowest BCUT2D eigenvalue weighted by molar-refractivity contribution is 0.315. The minimum Gasteiger partial charge on any atom is -0.493 e. The van der Waals surface area contributed by atoms with Crippen LogP contribution >= 0.6 is 23.2 Å². The molecule has 1 aromatic rings. The summed E-state index contributed by atoms with van der Waals surface area (Å²) in [6.07, 6.45) is 1.66. The molecule has 6 heteroatoms. The van der Waals surface area contributed by atoms with Crippen molar-refractivity contribution in [2.45, 2.75) is 12.3 Å². The van der Waals surface area contributed by atoms with Gasteiger partial charge in [-0.15, -0.1) is 11.6 Å². The lowest BCUT2D eigenvalue weighted by Gasteiger charge is -2.10. The number of sulfone groups is 1. The Hall–Kier alpha value is -0.450. The second-order valence-electron chi connectivity index (χ2n) is 3.68. The zero-order chi connectivity index (χ0) is 12.9. The molecule has 1 aromatic carbocycles. The lowest BCUT2D eigenvalue weighted by Crippen LogP contribution is -2.08. The van der Waals surface area contributed by atoms with Gasteiger partial charge in [-0.1, -0.05) is 17.7 Å². The summed E-state index contributed by atoms with van der Waals surface area (Å²) in [5, 5.41) is 0.556. The smallest absolute Gasteiger partial charge is 0.147 e. The molecule has 0 heterocycles. The molecule has 0 saturated heterocycles. The van der Waals surface area contributed by atoms with Gasteiger partial charge >= 0.3 is 0 Å². The van der Waals surface area contributed by atoms with Crippen LogP contribution in [-0.4, -0.2) is 27.0 Å². The summed E-state index contributed by atoms with van der Waals surface area (Å²) in [6.45, 7) is 0.331. The van der Waals surface area contributed by atoms with Gasteiger partial charge in [0.15, 0.2) is 0 Å². The first-order chi connectivity index (χ1) is 7.94. The molecular weight excluding hydrogens is 283 g/mol. The van der Waals surface area contributed by atoms with Crippen molar-refractivity contribution in [1.29, 1.82) is 0 Å². The Bertz CT molecular complexity index is 472. The number of alkyl halides is 1. The highest BCUT2D eigenvalue weighted by atomic mass is 35.5. The largest absolute Gasteiger partial charge is 0.493 e. The Labute approximate surface area is 112 Å². The van der Waals surface area contributed by atoms with Crippen molar-refractivity contribution in [3.8, 4) is 5.75 Å². The Morgan fingerprint density at radius 2 is 2.06 bits per heavy atom. The molecule has 0 radical (unpaired) electrons. The van der Waals surface area contributed by atoms with E-state index < -0.39 is 9.84 Å². The van der Waals surface area contributed by atoms with E-state index in [1.807, 2.05) is 0 Å². The highest BCUT2D eigenvalue weighted by molar-refractivity contribution is 7.90. The van der Waals surface area contributed by atoms with E-state index in [0.717, 1.165) is 5.56 Å². The zero-order valence-electron chi connectivity index (χ0n) is 9.45. The van der Waals surface area contributed by atoms with Crippen LogP contribution in [-0.2, 0) is 15.7 Å². The van der Waals surface area contributed by atoms with E-state index in [0.29, 0.717) is 23.8 Å². The van der Waals surface area contributed by atoms with Gasteiger partial charge in [-0.05, 0) is 18.6 Å². The maximum absolute atomic E-state index is 10.9. The molecule has 1 rings (SSSR count). The van der Waals surface area contributed by atoms with Crippen LogP contribution in [0.15, 0.2) is 18.2 Å². The molecule has 96 valence electrons. The van der Waals surface area contributed by atoms with Crippen molar-refractivity contribution in [3.63, 3.8) is 0 Å². The van der Waals surface area contributed by atoms with E-state index in [-0.39, 0.29) is 11.6 Å². The van der Waals surface area contributed by atoms with E-state index >= 15 is 0 Å². The topological polar surface area (TPSA) is 43.4 Å². The van der Waals surface area contributed by atoms with Crippen molar-refractivity contribution >= 4 is 33.0 Å². The van der Waals surface area contributed by atoms with Crippen LogP contribution in [0, 0.1) is 0 Å². The fraction of sp³-hybridized carbons (Fsp3) is 0.455. The normalized spacial score (nSPS) is 11.5. The Morgan fingerprint density at radius 3 is 2.65 bits per heavy atom. The molecule has 0 bridgehead atoms. The number of ether oxygens (including phenoxy) is 1. The summed E-state index contributed by atoms with van der Waals surface area (Å²) < 4.78 is 27.3. The monoisotopic (exact) mass is 296 g/mol. The van der Waals surface area contributed by atoms with E-state index in [2.05, 4.69) is 0 Å². The van der Waals surface area contributed by atoms with Crippen LogP contribution in [0.3, 0.4) is 0 Å². The number of rotatable bonds is 6. The standard InChI is InChI=1S/C11H14Cl2O3S/c1-17(14,15)7-3-6-16-11-5-2-4-10(13)9(11)8-12/h2,4-5H,3,6-8H2,1H3. The summed E-state index contributed by atoms with van der Waals surface area (Å²) in [7, 11) is -2.93. The van der Waals surface area contributed by atoms with Crippen LogP contribution in [0.2, 0.25) is 5.02 Å². The third-order valence-corrected chi connectivity index (χ3v) is 3.78. The van der Waals surface area contributed by atoms with Crippen LogP contribution in [0.25, 0.3) is 0 Å². The Kier molecular flexibility index (Phi) is 5.56. The van der Waals surface area contributed by atoms with Crippen LogP contribution < -0.4 is 4.74 Å². The minimum absolute atomic E-state index is 0.115. The maximum atomic E-state index is 10.9. The van der Waals surface area contributed by atoms with Gasteiger partial charge in [-0.2, -0.15) is 0 Å². The number of benzene rings is 1. The first-order valence-electron chi connectivity index (χ1n) is 5.08. The first kappa shape index (κ1) is 14.6. The van der Waals surface area contributed by atoms with Gasteiger partial charge in [-0.3, -0.25) is 0 Å². The second kappa shape index (κ2) is 6.47. The summed E-state index contributed by atoms with van der Waals surface area (Å²) in [6, 6.07) is 5.27. The van der Waals surface area contributed by atoms with E-state index in [1.165, 1.54) is 6.26 Å². The second-order valence-corrected chi connectivity index (χ2v) is 6.62. The molecule has 0 N–H and O–H groups in total. The Morgan fingerprint density at radius 1 is 1.35 bits per heavy atom. The van der Waals surface area contributed by atoms with E-state index in [4.69, 9.17) is 27.9 Å². The van der Waals surface area contributed by atoms with Crippen molar-refractivity contribution in [1.82, 2.24) is 0 Å².